The average Bonchev–Trinajstić information content (AvgIpc) is 2.41. The van der Waals surface area contributed by atoms with Gasteiger partial charge < -0.3 is 5.32 Å². The van der Waals surface area contributed by atoms with Gasteiger partial charge in [-0.3, -0.25) is 4.98 Å². The van der Waals surface area contributed by atoms with Crippen molar-refractivity contribution in [1.82, 2.24) is 10.3 Å². The van der Waals surface area contributed by atoms with E-state index in [0.29, 0.717) is 6.04 Å². The van der Waals surface area contributed by atoms with E-state index in [2.05, 4.69) is 37.1 Å². The fraction of sp³-hybridized carbons (Fsp3) is 0.688. The second-order valence-electron chi connectivity index (χ2n) is 5.09. The SMILES string of the molecule is CCCCCCC(C)NCc1ncccc1CC. The van der Waals surface area contributed by atoms with Gasteiger partial charge in [-0.1, -0.05) is 45.6 Å². The molecule has 0 aliphatic carbocycles. The van der Waals surface area contributed by atoms with Crippen LogP contribution in [0, 0.1) is 0 Å². The monoisotopic (exact) mass is 248 g/mol. The van der Waals surface area contributed by atoms with Crippen LogP contribution in [0.1, 0.15) is 64.1 Å². The number of pyridine rings is 1. The van der Waals surface area contributed by atoms with Crippen LogP contribution in [-0.2, 0) is 13.0 Å². The third-order valence-electron chi connectivity index (χ3n) is 3.47. The molecule has 1 rings (SSSR count). The van der Waals surface area contributed by atoms with Crippen molar-refractivity contribution in [3.63, 3.8) is 0 Å². The van der Waals surface area contributed by atoms with Crippen LogP contribution >= 0.6 is 0 Å². The predicted molar refractivity (Wildman–Crippen MR) is 78.7 cm³/mol. The summed E-state index contributed by atoms with van der Waals surface area (Å²) in [6.45, 7) is 7.63. The van der Waals surface area contributed by atoms with Gasteiger partial charge in [-0.05, 0) is 31.4 Å². The fourth-order valence-electron chi connectivity index (χ4n) is 2.20. The summed E-state index contributed by atoms with van der Waals surface area (Å²) < 4.78 is 0. The molecule has 18 heavy (non-hydrogen) atoms. The van der Waals surface area contributed by atoms with Crippen molar-refractivity contribution in [2.24, 2.45) is 0 Å². The Morgan fingerprint density at radius 3 is 2.78 bits per heavy atom. The maximum Gasteiger partial charge on any atom is 0.0573 e. The highest BCUT2D eigenvalue weighted by atomic mass is 14.9. The highest BCUT2D eigenvalue weighted by molar-refractivity contribution is 5.19. The maximum absolute atomic E-state index is 4.47. The van der Waals surface area contributed by atoms with Gasteiger partial charge in [0.05, 0.1) is 5.69 Å². The normalized spacial score (nSPS) is 12.6. The largest absolute Gasteiger partial charge is 0.309 e. The van der Waals surface area contributed by atoms with E-state index in [1.165, 1.54) is 43.4 Å². The van der Waals surface area contributed by atoms with E-state index < -0.39 is 0 Å². The number of nitrogens with zero attached hydrogens (tertiary/aromatic N) is 1. The van der Waals surface area contributed by atoms with Crippen molar-refractivity contribution >= 4 is 0 Å². The highest BCUT2D eigenvalue weighted by Crippen LogP contribution is 2.08. The van der Waals surface area contributed by atoms with Crippen molar-refractivity contribution in [2.45, 2.75) is 71.9 Å². The average molecular weight is 248 g/mol. The number of nitrogens with one attached hydrogen (secondary N) is 1. The molecule has 0 radical (unpaired) electrons. The smallest absolute Gasteiger partial charge is 0.0573 e. The van der Waals surface area contributed by atoms with Gasteiger partial charge in [0.1, 0.15) is 0 Å². The first-order chi connectivity index (χ1) is 8.77. The minimum absolute atomic E-state index is 0.591. The Bertz CT molecular complexity index is 323. The van der Waals surface area contributed by atoms with Crippen molar-refractivity contribution < 1.29 is 0 Å². The third kappa shape index (κ3) is 5.63. The van der Waals surface area contributed by atoms with E-state index in [9.17, 15) is 0 Å². The van der Waals surface area contributed by atoms with Crippen LogP contribution in [0.15, 0.2) is 18.3 Å². The summed E-state index contributed by atoms with van der Waals surface area (Å²) in [5.41, 5.74) is 2.57. The molecule has 1 aromatic rings. The minimum atomic E-state index is 0.591. The lowest BCUT2D eigenvalue weighted by molar-refractivity contribution is 0.479. The van der Waals surface area contributed by atoms with Crippen LogP contribution < -0.4 is 5.32 Å². The fourth-order valence-corrected chi connectivity index (χ4v) is 2.20. The lowest BCUT2D eigenvalue weighted by Crippen LogP contribution is -2.26. The summed E-state index contributed by atoms with van der Waals surface area (Å²) in [7, 11) is 0. The van der Waals surface area contributed by atoms with Gasteiger partial charge in [0.2, 0.25) is 0 Å². The Labute approximate surface area is 112 Å². The molecule has 0 aromatic carbocycles. The van der Waals surface area contributed by atoms with Gasteiger partial charge in [0.15, 0.2) is 0 Å². The molecule has 0 saturated heterocycles. The predicted octanol–water partition coefficient (Wildman–Crippen LogP) is 4.09. The van der Waals surface area contributed by atoms with Gasteiger partial charge in [0, 0.05) is 18.8 Å². The van der Waals surface area contributed by atoms with Crippen LogP contribution in [0.25, 0.3) is 0 Å². The summed E-state index contributed by atoms with van der Waals surface area (Å²) >= 11 is 0. The number of aromatic nitrogens is 1. The zero-order valence-corrected chi connectivity index (χ0v) is 12.2. The van der Waals surface area contributed by atoms with E-state index in [0.717, 1.165) is 13.0 Å². The highest BCUT2D eigenvalue weighted by Gasteiger charge is 2.04. The maximum atomic E-state index is 4.47. The molecule has 0 fully saturated rings. The zero-order valence-electron chi connectivity index (χ0n) is 12.2. The molecule has 1 atom stereocenters. The molecule has 0 aliphatic heterocycles. The molecule has 1 aromatic heterocycles. The third-order valence-corrected chi connectivity index (χ3v) is 3.47. The molecule has 0 aliphatic rings. The van der Waals surface area contributed by atoms with Crippen molar-refractivity contribution in [2.75, 3.05) is 0 Å². The van der Waals surface area contributed by atoms with E-state index in [4.69, 9.17) is 0 Å². The molecule has 2 nitrogen and oxygen atoms in total. The van der Waals surface area contributed by atoms with Crippen LogP contribution in [0.2, 0.25) is 0 Å². The van der Waals surface area contributed by atoms with E-state index in [-0.39, 0.29) is 0 Å². The molecule has 102 valence electrons. The molecular formula is C16H28N2. The van der Waals surface area contributed by atoms with Gasteiger partial charge >= 0.3 is 0 Å². The lowest BCUT2D eigenvalue weighted by atomic mass is 10.1. The van der Waals surface area contributed by atoms with Gasteiger partial charge in [-0.15, -0.1) is 0 Å². The Morgan fingerprint density at radius 1 is 1.22 bits per heavy atom. The molecule has 1 N–H and O–H groups in total. The summed E-state index contributed by atoms with van der Waals surface area (Å²) in [6, 6.07) is 4.79. The van der Waals surface area contributed by atoms with E-state index in [1.54, 1.807) is 0 Å². The Morgan fingerprint density at radius 2 is 2.06 bits per heavy atom. The molecule has 0 saturated carbocycles. The van der Waals surface area contributed by atoms with Crippen LogP contribution in [0.3, 0.4) is 0 Å². The topological polar surface area (TPSA) is 24.9 Å². The summed E-state index contributed by atoms with van der Waals surface area (Å²) in [4.78, 5) is 4.47. The molecule has 0 amide bonds. The lowest BCUT2D eigenvalue weighted by Gasteiger charge is -2.14. The van der Waals surface area contributed by atoms with Crippen molar-refractivity contribution in [3.8, 4) is 0 Å². The zero-order chi connectivity index (χ0) is 13.2. The standard InChI is InChI=1S/C16H28N2/c1-4-6-7-8-10-14(3)18-13-16-15(5-2)11-9-12-17-16/h9,11-12,14,18H,4-8,10,13H2,1-3H3. The van der Waals surface area contributed by atoms with Crippen molar-refractivity contribution in [3.05, 3.63) is 29.6 Å². The molecule has 0 spiro atoms. The number of hydrogen-bond acceptors (Lipinski definition) is 2. The summed E-state index contributed by atoms with van der Waals surface area (Å²) in [5, 5.41) is 3.59. The Kier molecular flexibility index (Phi) is 7.66. The first-order valence-electron chi connectivity index (χ1n) is 7.44. The molecular weight excluding hydrogens is 220 g/mol. The molecule has 1 heterocycles. The van der Waals surface area contributed by atoms with E-state index in [1.807, 2.05) is 12.3 Å². The number of unbranched alkanes of at least 4 members (excludes halogenated alkanes) is 3. The minimum Gasteiger partial charge on any atom is -0.309 e. The van der Waals surface area contributed by atoms with Gasteiger partial charge in [-0.2, -0.15) is 0 Å². The summed E-state index contributed by atoms with van der Waals surface area (Å²) in [6.07, 6.45) is 9.62. The van der Waals surface area contributed by atoms with Crippen LogP contribution in [0.5, 0.6) is 0 Å². The van der Waals surface area contributed by atoms with Crippen LogP contribution in [0.4, 0.5) is 0 Å². The molecule has 0 bridgehead atoms. The molecule has 2 heteroatoms. The van der Waals surface area contributed by atoms with E-state index >= 15 is 0 Å². The second kappa shape index (κ2) is 9.09. The number of hydrogen-bond donors (Lipinski definition) is 1. The first kappa shape index (κ1) is 15.2. The van der Waals surface area contributed by atoms with Gasteiger partial charge in [-0.25, -0.2) is 0 Å². The summed E-state index contributed by atoms with van der Waals surface area (Å²) in [5.74, 6) is 0. The molecule has 1 unspecified atom stereocenters. The second-order valence-corrected chi connectivity index (χ2v) is 5.09. The first-order valence-corrected chi connectivity index (χ1v) is 7.44. The Hall–Kier alpha value is -0.890. The van der Waals surface area contributed by atoms with Crippen LogP contribution in [-0.4, -0.2) is 11.0 Å². The number of aryl methyl sites for hydroxylation is 1. The Balaban J connectivity index is 2.26. The van der Waals surface area contributed by atoms with Crippen molar-refractivity contribution in [1.29, 1.82) is 0 Å². The number of rotatable bonds is 9. The quantitative estimate of drug-likeness (QED) is 0.666. The van der Waals surface area contributed by atoms with Gasteiger partial charge in [0.25, 0.3) is 0 Å².